The van der Waals surface area contributed by atoms with E-state index in [9.17, 15) is 15.2 Å². The van der Waals surface area contributed by atoms with E-state index in [1.807, 2.05) is 0 Å². The van der Waals surface area contributed by atoms with E-state index in [0.29, 0.717) is 17.3 Å². The molecule has 33 heavy (non-hydrogen) atoms. The highest BCUT2D eigenvalue weighted by Gasteiger charge is 2.25. The summed E-state index contributed by atoms with van der Waals surface area (Å²) in [5, 5.41) is 32.4. The molecule has 1 saturated heterocycles. The minimum absolute atomic E-state index is 0.0456. The molecule has 0 aliphatic carbocycles. The molecule has 0 saturated carbocycles. The van der Waals surface area contributed by atoms with E-state index in [4.69, 9.17) is 10.8 Å². The number of nitrogens with zero attached hydrogens (tertiary/aromatic N) is 2. The number of hydrogen-bond donors (Lipinski definition) is 4. The molecule has 1 aromatic carbocycles. The topological polar surface area (TPSA) is 125 Å². The van der Waals surface area contributed by atoms with Gasteiger partial charge in [-0.1, -0.05) is 53.4 Å². The number of likely N-dealkylation sites (tertiary alicyclic amines) is 1. The standard InChI is InChI=1S/C17H29N3O2.C8H17NO2/c1-4-5-13(2)6-7-14(3)10-11-19-16-9-8-15(18)12-17(16)20(21)22;1-2-9-4-3-8(11)5-7(9)6-10/h8-9,12-14,19H,4-7,10-11,18H2,1-3H3;7-8,10-11H,2-6H2,1H3/t13-,14+;/m1./s1. The van der Waals surface area contributed by atoms with Crippen LogP contribution in [0.4, 0.5) is 17.1 Å². The third-order valence-electron chi connectivity index (χ3n) is 6.53. The van der Waals surface area contributed by atoms with Crippen molar-refractivity contribution in [3.05, 3.63) is 28.3 Å². The molecule has 5 N–H and O–H groups in total. The van der Waals surface area contributed by atoms with Gasteiger partial charge in [-0.3, -0.25) is 15.0 Å². The number of benzene rings is 1. The van der Waals surface area contributed by atoms with Crippen molar-refractivity contribution in [1.29, 1.82) is 0 Å². The van der Waals surface area contributed by atoms with Crippen LogP contribution in [0, 0.1) is 22.0 Å². The van der Waals surface area contributed by atoms with Gasteiger partial charge in [0, 0.05) is 30.9 Å². The summed E-state index contributed by atoms with van der Waals surface area (Å²) in [4.78, 5) is 12.8. The van der Waals surface area contributed by atoms with Crippen molar-refractivity contribution >= 4 is 17.1 Å². The lowest BCUT2D eigenvalue weighted by Crippen LogP contribution is -2.45. The number of piperidine rings is 1. The van der Waals surface area contributed by atoms with Gasteiger partial charge >= 0.3 is 0 Å². The van der Waals surface area contributed by atoms with E-state index >= 15 is 0 Å². The van der Waals surface area contributed by atoms with Crippen molar-refractivity contribution in [2.75, 3.05) is 37.3 Å². The van der Waals surface area contributed by atoms with Crippen LogP contribution in [0.2, 0.25) is 0 Å². The molecule has 4 atom stereocenters. The van der Waals surface area contributed by atoms with Crippen molar-refractivity contribution in [1.82, 2.24) is 4.90 Å². The Kier molecular flexibility index (Phi) is 14.0. The Bertz CT molecular complexity index is 688. The zero-order valence-electron chi connectivity index (χ0n) is 21.0. The molecule has 0 amide bonds. The summed E-state index contributed by atoms with van der Waals surface area (Å²) in [6.07, 6.45) is 7.41. The monoisotopic (exact) mass is 466 g/mol. The maximum Gasteiger partial charge on any atom is 0.294 e. The number of hydrogen-bond acceptors (Lipinski definition) is 7. The SMILES string of the molecule is CCC[C@@H](C)CC[C@H](C)CCNc1ccc(N)cc1[N+](=O)[O-].CCN1CCC(O)CC1CO. The molecule has 8 nitrogen and oxygen atoms in total. The van der Waals surface area contributed by atoms with Crippen LogP contribution in [0.15, 0.2) is 18.2 Å². The molecular weight excluding hydrogens is 420 g/mol. The Labute approximate surface area is 199 Å². The quantitative estimate of drug-likeness (QED) is 0.201. The highest BCUT2D eigenvalue weighted by Crippen LogP contribution is 2.27. The van der Waals surface area contributed by atoms with Crippen LogP contribution in [-0.2, 0) is 0 Å². The lowest BCUT2D eigenvalue weighted by Gasteiger charge is -2.35. The summed E-state index contributed by atoms with van der Waals surface area (Å²) in [7, 11) is 0. The van der Waals surface area contributed by atoms with Crippen LogP contribution in [-0.4, -0.2) is 58.4 Å². The second-order valence-electron chi connectivity index (χ2n) is 9.47. The Morgan fingerprint density at radius 1 is 1.21 bits per heavy atom. The Balaban J connectivity index is 0.000000412. The molecule has 1 aliphatic rings. The van der Waals surface area contributed by atoms with Crippen LogP contribution in [0.5, 0.6) is 0 Å². The first-order valence-electron chi connectivity index (χ1n) is 12.5. The van der Waals surface area contributed by atoms with Gasteiger partial charge in [0.2, 0.25) is 0 Å². The molecule has 190 valence electrons. The van der Waals surface area contributed by atoms with Crippen LogP contribution >= 0.6 is 0 Å². The highest BCUT2D eigenvalue weighted by molar-refractivity contribution is 5.66. The lowest BCUT2D eigenvalue weighted by molar-refractivity contribution is -0.383. The van der Waals surface area contributed by atoms with Gasteiger partial charge in [0.05, 0.1) is 17.6 Å². The summed E-state index contributed by atoms with van der Waals surface area (Å²) in [5.41, 5.74) is 6.61. The molecule has 1 heterocycles. The molecule has 1 aromatic rings. The van der Waals surface area contributed by atoms with Gasteiger partial charge in [0.25, 0.3) is 5.69 Å². The van der Waals surface area contributed by atoms with E-state index in [-0.39, 0.29) is 24.4 Å². The third-order valence-corrected chi connectivity index (χ3v) is 6.53. The molecule has 0 aromatic heterocycles. The molecule has 2 unspecified atom stereocenters. The van der Waals surface area contributed by atoms with Gasteiger partial charge in [0.15, 0.2) is 0 Å². The minimum atomic E-state index is -0.394. The average Bonchev–Trinajstić information content (AvgIpc) is 2.79. The van der Waals surface area contributed by atoms with E-state index < -0.39 is 4.92 Å². The fourth-order valence-electron chi connectivity index (χ4n) is 4.34. The predicted molar refractivity (Wildman–Crippen MR) is 136 cm³/mol. The summed E-state index contributed by atoms with van der Waals surface area (Å²) >= 11 is 0. The largest absolute Gasteiger partial charge is 0.399 e. The number of rotatable bonds is 12. The molecule has 0 bridgehead atoms. The van der Waals surface area contributed by atoms with Crippen molar-refractivity contribution in [2.45, 2.75) is 84.8 Å². The number of anilines is 2. The number of nitro groups is 1. The van der Waals surface area contributed by atoms with E-state index in [1.54, 1.807) is 12.1 Å². The first kappa shape index (κ1) is 29.1. The number of nitrogens with two attached hydrogens (primary N) is 1. The van der Waals surface area contributed by atoms with Crippen LogP contribution in [0.1, 0.15) is 72.6 Å². The number of aliphatic hydroxyl groups excluding tert-OH is 2. The Morgan fingerprint density at radius 2 is 1.88 bits per heavy atom. The average molecular weight is 467 g/mol. The molecule has 0 radical (unpaired) electrons. The zero-order chi connectivity index (χ0) is 24.8. The van der Waals surface area contributed by atoms with Gasteiger partial charge in [-0.15, -0.1) is 0 Å². The van der Waals surface area contributed by atoms with Gasteiger partial charge < -0.3 is 21.3 Å². The Morgan fingerprint density at radius 3 is 2.45 bits per heavy atom. The second-order valence-corrected chi connectivity index (χ2v) is 9.47. The van der Waals surface area contributed by atoms with Crippen molar-refractivity contribution in [3.63, 3.8) is 0 Å². The number of likely N-dealkylation sites (N-methyl/N-ethyl adjacent to an activating group) is 1. The summed E-state index contributed by atoms with van der Waals surface area (Å²) < 4.78 is 0. The number of nitrogens with one attached hydrogen (secondary N) is 1. The van der Waals surface area contributed by atoms with Crippen molar-refractivity contribution in [3.8, 4) is 0 Å². The maximum absolute atomic E-state index is 11.0. The third kappa shape index (κ3) is 11.2. The fourth-order valence-corrected chi connectivity index (χ4v) is 4.34. The normalized spacial score (nSPS) is 20.4. The first-order valence-corrected chi connectivity index (χ1v) is 12.5. The number of nitrogen functional groups attached to an aromatic ring is 1. The minimum Gasteiger partial charge on any atom is -0.399 e. The molecule has 2 rings (SSSR count). The first-order chi connectivity index (χ1) is 15.7. The summed E-state index contributed by atoms with van der Waals surface area (Å²) in [6.45, 7) is 11.7. The van der Waals surface area contributed by atoms with Gasteiger partial charge in [-0.25, -0.2) is 0 Å². The van der Waals surface area contributed by atoms with Crippen LogP contribution < -0.4 is 11.1 Å². The number of nitro benzene ring substituents is 1. The fraction of sp³-hybridized carbons (Fsp3) is 0.760. The molecule has 0 spiro atoms. The summed E-state index contributed by atoms with van der Waals surface area (Å²) in [6, 6.07) is 4.95. The van der Waals surface area contributed by atoms with E-state index in [2.05, 4.69) is 37.9 Å². The second kappa shape index (κ2) is 15.9. The molecule has 1 fully saturated rings. The number of aliphatic hydroxyl groups is 2. The van der Waals surface area contributed by atoms with Crippen LogP contribution in [0.3, 0.4) is 0 Å². The van der Waals surface area contributed by atoms with Crippen LogP contribution in [0.25, 0.3) is 0 Å². The lowest BCUT2D eigenvalue weighted by atomic mass is 9.93. The molecular formula is C25H46N4O4. The van der Waals surface area contributed by atoms with Gasteiger partial charge in [-0.05, 0) is 49.8 Å². The van der Waals surface area contributed by atoms with Crippen molar-refractivity contribution in [2.24, 2.45) is 11.8 Å². The maximum atomic E-state index is 11.0. The summed E-state index contributed by atoms with van der Waals surface area (Å²) in [5.74, 6) is 1.42. The molecule has 1 aliphatic heterocycles. The molecule has 8 heteroatoms. The highest BCUT2D eigenvalue weighted by atomic mass is 16.6. The van der Waals surface area contributed by atoms with Gasteiger partial charge in [0.1, 0.15) is 5.69 Å². The van der Waals surface area contributed by atoms with Crippen molar-refractivity contribution < 1.29 is 15.1 Å². The van der Waals surface area contributed by atoms with Gasteiger partial charge in [-0.2, -0.15) is 0 Å². The van der Waals surface area contributed by atoms with E-state index in [1.165, 1.54) is 31.7 Å². The zero-order valence-corrected chi connectivity index (χ0v) is 21.0. The Hall–Kier alpha value is -1.90. The van der Waals surface area contributed by atoms with E-state index in [0.717, 1.165) is 44.8 Å². The predicted octanol–water partition coefficient (Wildman–Crippen LogP) is 4.66. The smallest absolute Gasteiger partial charge is 0.294 e.